The molecule has 0 spiro atoms. The molecule has 5 nitrogen and oxygen atoms in total. The van der Waals surface area contributed by atoms with Gasteiger partial charge in [-0.05, 0) is 25.3 Å². The number of nitrogens with one attached hydrogen (secondary N) is 1. The highest BCUT2D eigenvalue weighted by molar-refractivity contribution is 7.09. The van der Waals surface area contributed by atoms with Gasteiger partial charge in [0.15, 0.2) is 0 Å². The smallest absolute Gasteiger partial charge is 0.147 e. The first kappa shape index (κ1) is 13.5. The molecule has 2 heterocycles. The Bertz CT molecular complexity index is 533. The van der Waals surface area contributed by atoms with E-state index in [1.807, 2.05) is 6.07 Å². The number of nitrogens with zero attached hydrogens (tertiary/aromatic N) is 3. The quantitative estimate of drug-likeness (QED) is 0.648. The third-order valence-electron chi connectivity index (χ3n) is 2.74. The molecule has 0 saturated heterocycles. The maximum atomic E-state index is 7.32. The molecular formula is C13H17N5S. The Morgan fingerprint density at radius 1 is 1.42 bits per heavy atom. The van der Waals surface area contributed by atoms with Crippen molar-refractivity contribution in [1.82, 2.24) is 9.97 Å². The van der Waals surface area contributed by atoms with E-state index in [9.17, 15) is 0 Å². The molecule has 0 atom stereocenters. The molecule has 0 amide bonds. The Morgan fingerprint density at radius 3 is 2.68 bits per heavy atom. The summed E-state index contributed by atoms with van der Waals surface area (Å²) in [6, 6.07) is 4.47. The molecule has 6 heteroatoms. The van der Waals surface area contributed by atoms with Gasteiger partial charge in [0.25, 0.3) is 0 Å². The highest BCUT2D eigenvalue weighted by Crippen LogP contribution is 2.19. The van der Waals surface area contributed by atoms with Gasteiger partial charge in [-0.1, -0.05) is 6.07 Å². The van der Waals surface area contributed by atoms with Crippen molar-refractivity contribution in [2.75, 3.05) is 4.90 Å². The van der Waals surface area contributed by atoms with E-state index in [4.69, 9.17) is 11.1 Å². The maximum Gasteiger partial charge on any atom is 0.147 e. The summed E-state index contributed by atoms with van der Waals surface area (Å²) in [5.41, 5.74) is 5.78. The summed E-state index contributed by atoms with van der Waals surface area (Å²) in [6.07, 6.45) is 3.21. The van der Waals surface area contributed by atoms with Crippen molar-refractivity contribution in [2.45, 2.75) is 26.4 Å². The van der Waals surface area contributed by atoms with Crippen LogP contribution in [0.1, 0.15) is 24.4 Å². The summed E-state index contributed by atoms with van der Waals surface area (Å²) in [7, 11) is 0. The lowest BCUT2D eigenvalue weighted by Crippen LogP contribution is -2.31. The van der Waals surface area contributed by atoms with Crippen molar-refractivity contribution < 1.29 is 0 Å². The first-order chi connectivity index (χ1) is 9.08. The van der Waals surface area contributed by atoms with E-state index in [1.165, 1.54) is 4.88 Å². The molecule has 19 heavy (non-hydrogen) atoms. The summed E-state index contributed by atoms with van der Waals surface area (Å²) < 4.78 is 0. The fraction of sp³-hybridized carbons (Fsp3) is 0.308. The minimum atomic E-state index is -0.0617. The van der Waals surface area contributed by atoms with Crippen LogP contribution in [-0.2, 0) is 6.54 Å². The van der Waals surface area contributed by atoms with Crippen LogP contribution < -0.4 is 10.6 Å². The van der Waals surface area contributed by atoms with E-state index < -0.39 is 0 Å². The van der Waals surface area contributed by atoms with Crippen LogP contribution in [0.4, 0.5) is 5.82 Å². The number of anilines is 1. The molecule has 100 valence electrons. The lowest BCUT2D eigenvalue weighted by atomic mass is 10.3. The molecule has 3 N–H and O–H groups in total. The minimum Gasteiger partial charge on any atom is -0.382 e. The zero-order chi connectivity index (χ0) is 13.8. The van der Waals surface area contributed by atoms with Gasteiger partial charge in [-0.3, -0.25) is 5.41 Å². The topological polar surface area (TPSA) is 78.9 Å². The van der Waals surface area contributed by atoms with Crippen molar-refractivity contribution >= 4 is 23.0 Å². The highest BCUT2D eigenvalue weighted by Gasteiger charge is 2.14. The Balaban J connectivity index is 2.21. The Morgan fingerprint density at radius 2 is 2.21 bits per heavy atom. The summed E-state index contributed by atoms with van der Waals surface area (Å²) in [4.78, 5) is 12.0. The van der Waals surface area contributed by atoms with Crippen molar-refractivity contribution in [3.8, 4) is 0 Å². The monoisotopic (exact) mass is 275 g/mol. The summed E-state index contributed by atoms with van der Waals surface area (Å²) in [5, 5.41) is 9.39. The van der Waals surface area contributed by atoms with Crippen LogP contribution in [0.25, 0.3) is 0 Å². The van der Waals surface area contributed by atoms with Crippen molar-refractivity contribution in [3.63, 3.8) is 0 Å². The van der Waals surface area contributed by atoms with Crippen LogP contribution in [0.3, 0.4) is 0 Å². The van der Waals surface area contributed by atoms with E-state index >= 15 is 0 Å². The molecule has 0 aliphatic heterocycles. The van der Waals surface area contributed by atoms with E-state index in [0.29, 0.717) is 11.7 Å². The highest BCUT2D eigenvalue weighted by atomic mass is 32.1. The summed E-state index contributed by atoms with van der Waals surface area (Å²) >= 11 is 1.73. The van der Waals surface area contributed by atoms with E-state index in [1.54, 1.807) is 23.7 Å². The third-order valence-corrected chi connectivity index (χ3v) is 3.60. The molecule has 0 fully saturated rings. The Kier molecular flexibility index (Phi) is 4.11. The number of aromatic nitrogens is 2. The second-order valence-electron chi connectivity index (χ2n) is 4.47. The summed E-state index contributed by atoms with van der Waals surface area (Å²) in [5.74, 6) is 0.738. The molecule has 0 saturated carbocycles. The van der Waals surface area contributed by atoms with Crippen LogP contribution in [-0.4, -0.2) is 21.8 Å². The zero-order valence-electron chi connectivity index (χ0n) is 11.0. The van der Waals surface area contributed by atoms with Gasteiger partial charge in [-0.2, -0.15) is 0 Å². The van der Waals surface area contributed by atoms with Gasteiger partial charge in [-0.25, -0.2) is 9.97 Å². The minimum absolute atomic E-state index is 0.0617. The van der Waals surface area contributed by atoms with Gasteiger partial charge in [0.1, 0.15) is 17.3 Å². The second kappa shape index (κ2) is 5.79. The first-order valence-corrected chi connectivity index (χ1v) is 6.91. The Hall–Kier alpha value is -1.95. The number of thiophene rings is 1. The molecule has 0 unspecified atom stereocenters. The van der Waals surface area contributed by atoms with Crippen LogP contribution in [0.2, 0.25) is 0 Å². The standard InChI is InChI=1S/C13H17N5S/c1-9(2)18(8-10-4-3-5-19-10)12-7-16-11(6-17-12)13(14)15/h3-7,9H,8H2,1-2H3,(H3,14,15). The largest absolute Gasteiger partial charge is 0.382 e. The van der Waals surface area contributed by atoms with Gasteiger partial charge in [0, 0.05) is 10.9 Å². The molecule has 0 radical (unpaired) electrons. The average molecular weight is 275 g/mol. The van der Waals surface area contributed by atoms with Gasteiger partial charge in [-0.15, -0.1) is 11.3 Å². The second-order valence-corrected chi connectivity index (χ2v) is 5.51. The number of hydrogen-bond donors (Lipinski definition) is 2. The fourth-order valence-corrected chi connectivity index (χ4v) is 2.41. The number of amidine groups is 1. The SMILES string of the molecule is CC(C)N(Cc1cccs1)c1cnc(C(=N)N)cn1. The number of hydrogen-bond acceptors (Lipinski definition) is 5. The number of nitrogen functional groups attached to an aromatic ring is 1. The van der Waals surface area contributed by atoms with E-state index in [-0.39, 0.29) is 5.84 Å². The molecule has 0 aliphatic carbocycles. The molecule has 2 aromatic heterocycles. The van der Waals surface area contributed by atoms with Gasteiger partial charge in [0.2, 0.25) is 0 Å². The van der Waals surface area contributed by atoms with Crippen LogP contribution in [0, 0.1) is 5.41 Å². The van der Waals surface area contributed by atoms with Gasteiger partial charge in [0.05, 0.1) is 18.9 Å². The number of nitrogens with two attached hydrogens (primary N) is 1. The van der Waals surface area contributed by atoms with Crippen molar-refractivity contribution in [1.29, 1.82) is 5.41 Å². The molecule has 2 rings (SSSR count). The van der Waals surface area contributed by atoms with Gasteiger partial charge < -0.3 is 10.6 Å². The van der Waals surface area contributed by atoms with Crippen LogP contribution >= 0.6 is 11.3 Å². The lowest BCUT2D eigenvalue weighted by Gasteiger charge is -2.27. The van der Waals surface area contributed by atoms with Crippen LogP contribution in [0.5, 0.6) is 0 Å². The fourth-order valence-electron chi connectivity index (χ4n) is 1.71. The van der Waals surface area contributed by atoms with E-state index in [0.717, 1.165) is 12.4 Å². The van der Waals surface area contributed by atoms with Crippen molar-refractivity contribution in [3.05, 3.63) is 40.5 Å². The summed E-state index contributed by atoms with van der Waals surface area (Å²) in [6.45, 7) is 5.05. The molecule has 0 bridgehead atoms. The zero-order valence-corrected chi connectivity index (χ0v) is 11.8. The Labute approximate surface area is 116 Å². The average Bonchev–Trinajstić information content (AvgIpc) is 2.88. The normalized spacial score (nSPS) is 10.7. The first-order valence-electron chi connectivity index (χ1n) is 6.03. The molecular weight excluding hydrogens is 258 g/mol. The number of rotatable bonds is 5. The molecule has 0 aliphatic rings. The molecule has 2 aromatic rings. The van der Waals surface area contributed by atoms with Crippen molar-refractivity contribution in [2.24, 2.45) is 5.73 Å². The maximum absolute atomic E-state index is 7.32. The predicted molar refractivity (Wildman–Crippen MR) is 78.7 cm³/mol. The van der Waals surface area contributed by atoms with Crippen LogP contribution in [0.15, 0.2) is 29.9 Å². The third kappa shape index (κ3) is 3.29. The lowest BCUT2D eigenvalue weighted by molar-refractivity contribution is 0.675. The van der Waals surface area contributed by atoms with E-state index in [2.05, 4.69) is 40.2 Å². The van der Waals surface area contributed by atoms with Gasteiger partial charge >= 0.3 is 0 Å². The predicted octanol–water partition coefficient (Wildman–Crippen LogP) is 2.24. The molecule has 0 aromatic carbocycles.